The highest BCUT2D eigenvalue weighted by molar-refractivity contribution is 5.76. The molecule has 0 radical (unpaired) electrons. The number of aromatic nitrogens is 2. The van der Waals surface area contributed by atoms with Crippen LogP contribution in [0.15, 0.2) is 24.3 Å². The first kappa shape index (κ1) is 12.6. The second kappa shape index (κ2) is 5.31. The van der Waals surface area contributed by atoms with E-state index >= 15 is 0 Å². The molecule has 0 spiro atoms. The molecule has 0 amide bonds. The molecule has 0 saturated carbocycles. The number of fused-ring (bicyclic) bond motifs is 1. The molecule has 4 heteroatoms. The van der Waals surface area contributed by atoms with E-state index in [9.17, 15) is 0 Å². The second-order valence-corrected chi connectivity index (χ2v) is 5.45. The van der Waals surface area contributed by atoms with Crippen LogP contribution < -0.4 is 5.73 Å². The molecule has 1 unspecified atom stereocenters. The van der Waals surface area contributed by atoms with Crippen molar-refractivity contribution in [3.63, 3.8) is 0 Å². The number of nitrogens with two attached hydrogens (primary N) is 1. The SMILES string of the molecule is CC(N)c1nc2ccccc2n1CCN1CCCC1. The van der Waals surface area contributed by atoms with E-state index in [1.807, 2.05) is 13.0 Å². The number of imidazole rings is 1. The van der Waals surface area contributed by atoms with Gasteiger partial charge in [-0.1, -0.05) is 12.1 Å². The van der Waals surface area contributed by atoms with E-state index < -0.39 is 0 Å². The lowest BCUT2D eigenvalue weighted by Crippen LogP contribution is -2.25. The first-order chi connectivity index (χ1) is 9.25. The Morgan fingerprint density at radius 2 is 1.95 bits per heavy atom. The number of hydrogen-bond donors (Lipinski definition) is 1. The maximum absolute atomic E-state index is 6.07. The van der Waals surface area contributed by atoms with E-state index in [1.165, 1.54) is 31.4 Å². The van der Waals surface area contributed by atoms with Crippen LogP contribution in [0.2, 0.25) is 0 Å². The Morgan fingerprint density at radius 1 is 1.21 bits per heavy atom. The van der Waals surface area contributed by atoms with Gasteiger partial charge in [0.25, 0.3) is 0 Å². The van der Waals surface area contributed by atoms with E-state index in [2.05, 4.69) is 32.7 Å². The molecule has 2 aromatic rings. The smallest absolute Gasteiger partial charge is 0.126 e. The number of rotatable bonds is 4. The van der Waals surface area contributed by atoms with Crippen LogP contribution in [0.3, 0.4) is 0 Å². The Bertz CT molecular complexity index is 552. The highest BCUT2D eigenvalue weighted by Gasteiger charge is 2.16. The first-order valence-corrected chi connectivity index (χ1v) is 7.19. The first-order valence-electron chi connectivity index (χ1n) is 7.19. The number of benzene rings is 1. The summed E-state index contributed by atoms with van der Waals surface area (Å²) in [4.78, 5) is 7.20. The maximum Gasteiger partial charge on any atom is 0.126 e. The summed E-state index contributed by atoms with van der Waals surface area (Å²) in [6.45, 7) is 6.56. The Morgan fingerprint density at radius 3 is 2.68 bits per heavy atom. The Balaban J connectivity index is 1.88. The molecule has 0 aliphatic carbocycles. The van der Waals surface area contributed by atoms with Gasteiger partial charge in [0.2, 0.25) is 0 Å². The van der Waals surface area contributed by atoms with E-state index in [-0.39, 0.29) is 6.04 Å². The number of para-hydroxylation sites is 2. The van der Waals surface area contributed by atoms with E-state index in [0.29, 0.717) is 0 Å². The van der Waals surface area contributed by atoms with Crippen LogP contribution >= 0.6 is 0 Å². The van der Waals surface area contributed by atoms with Gasteiger partial charge in [0.15, 0.2) is 0 Å². The predicted molar refractivity (Wildman–Crippen MR) is 78.0 cm³/mol. The molecule has 1 aromatic carbocycles. The Hall–Kier alpha value is -1.39. The third-order valence-corrected chi connectivity index (χ3v) is 3.93. The summed E-state index contributed by atoms with van der Waals surface area (Å²) in [6, 6.07) is 8.28. The number of nitrogens with zero attached hydrogens (tertiary/aromatic N) is 3. The highest BCUT2D eigenvalue weighted by atomic mass is 15.2. The van der Waals surface area contributed by atoms with Crippen molar-refractivity contribution in [1.82, 2.24) is 14.5 Å². The molecule has 4 nitrogen and oxygen atoms in total. The van der Waals surface area contributed by atoms with Gasteiger partial charge in [-0.25, -0.2) is 4.98 Å². The van der Waals surface area contributed by atoms with Crippen LogP contribution in [0.25, 0.3) is 11.0 Å². The van der Waals surface area contributed by atoms with Gasteiger partial charge in [-0.05, 0) is 45.0 Å². The average Bonchev–Trinajstić information content (AvgIpc) is 3.03. The van der Waals surface area contributed by atoms with Gasteiger partial charge in [0.05, 0.1) is 17.1 Å². The fourth-order valence-electron chi connectivity index (χ4n) is 2.92. The second-order valence-electron chi connectivity index (χ2n) is 5.45. The van der Waals surface area contributed by atoms with E-state index in [4.69, 9.17) is 5.73 Å². The molecule has 3 rings (SSSR count). The molecule has 2 N–H and O–H groups in total. The minimum Gasteiger partial charge on any atom is -0.325 e. The van der Waals surface area contributed by atoms with Crippen molar-refractivity contribution in [3.8, 4) is 0 Å². The van der Waals surface area contributed by atoms with Gasteiger partial charge in [-0.2, -0.15) is 0 Å². The molecule has 19 heavy (non-hydrogen) atoms. The minimum atomic E-state index is -0.0222. The molecule has 1 saturated heterocycles. The summed E-state index contributed by atoms with van der Waals surface area (Å²) in [5.74, 6) is 1.00. The zero-order valence-corrected chi connectivity index (χ0v) is 11.5. The van der Waals surface area contributed by atoms with Crippen LogP contribution in [0.5, 0.6) is 0 Å². The summed E-state index contributed by atoms with van der Waals surface area (Å²) in [6.07, 6.45) is 2.68. The van der Waals surface area contributed by atoms with Crippen molar-refractivity contribution in [2.45, 2.75) is 32.4 Å². The van der Waals surface area contributed by atoms with Crippen molar-refractivity contribution in [1.29, 1.82) is 0 Å². The largest absolute Gasteiger partial charge is 0.325 e. The minimum absolute atomic E-state index is 0.0222. The highest BCUT2D eigenvalue weighted by Crippen LogP contribution is 2.20. The van der Waals surface area contributed by atoms with E-state index in [1.54, 1.807) is 0 Å². The fraction of sp³-hybridized carbons (Fsp3) is 0.533. The summed E-state index contributed by atoms with van der Waals surface area (Å²) in [7, 11) is 0. The van der Waals surface area contributed by atoms with Crippen molar-refractivity contribution in [2.75, 3.05) is 19.6 Å². The van der Waals surface area contributed by atoms with Crippen LogP contribution in [-0.2, 0) is 6.54 Å². The van der Waals surface area contributed by atoms with Gasteiger partial charge < -0.3 is 15.2 Å². The van der Waals surface area contributed by atoms with Crippen LogP contribution in [0, 0.1) is 0 Å². The summed E-state index contributed by atoms with van der Waals surface area (Å²) < 4.78 is 2.29. The summed E-state index contributed by atoms with van der Waals surface area (Å²) in [5.41, 5.74) is 8.32. The Labute approximate surface area is 114 Å². The summed E-state index contributed by atoms with van der Waals surface area (Å²) >= 11 is 0. The quantitative estimate of drug-likeness (QED) is 0.914. The molecule has 1 atom stereocenters. The lowest BCUT2D eigenvalue weighted by molar-refractivity contribution is 0.321. The topological polar surface area (TPSA) is 47.1 Å². The monoisotopic (exact) mass is 258 g/mol. The van der Waals surface area contributed by atoms with Gasteiger partial charge in [-0.15, -0.1) is 0 Å². The molecule has 1 aliphatic rings. The zero-order valence-electron chi connectivity index (χ0n) is 11.5. The standard InChI is InChI=1S/C15H22N4/c1-12(16)15-17-13-6-2-3-7-14(13)19(15)11-10-18-8-4-5-9-18/h2-3,6-7,12H,4-5,8-11,16H2,1H3. The van der Waals surface area contributed by atoms with Crippen molar-refractivity contribution in [3.05, 3.63) is 30.1 Å². The van der Waals surface area contributed by atoms with Crippen LogP contribution in [-0.4, -0.2) is 34.1 Å². The van der Waals surface area contributed by atoms with Crippen molar-refractivity contribution < 1.29 is 0 Å². The zero-order chi connectivity index (χ0) is 13.2. The van der Waals surface area contributed by atoms with Gasteiger partial charge in [0.1, 0.15) is 5.82 Å². The predicted octanol–water partition coefficient (Wildman–Crippen LogP) is 2.15. The third-order valence-electron chi connectivity index (χ3n) is 3.93. The molecule has 102 valence electrons. The normalized spacial score (nSPS) is 18.2. The van der Waals surface area contributed by atoms with Crippen LogP contribution in [0.1, 0.15) is 31.6 Å². The van der Waals surface area contributed by atoms with Gasteiger partial charge in [-0.3, -0.25) is 0 Å². The number of hydrogen-bond acceptors (Lipinski definition) is 3. The molecular formula is C15H22N4. The third kappa shape index (κ3) is 2.51. The van der Waals surface area contributed by atoms with Gasteiger partial charge >= 0.3 is 0 Å². The lowest BCUT2D eigenvalue weighted by Gasteiger charge is -2.17. The molecule has 1 fully saturated rings. The van der Waals surface area contributed by atoms with Gasteiger partial charge in [0, 0.05) is 13.1 Å². The fourth-order valence-corrected chi connectivity index (χ4v) is 2.92. The lowest BCUT2D eigenvalue weighted by atomic mass is 10.3. The molecule has 1 aliphatic heterocycles. The average molecular weight is 258 g/mol. The van der Waals surface area contributed by atoms with Crippen molar-refractivity contribution in [2.24, 2.45) is 5.73 Å². The maximum atomic E-state index is 6.07. The molecule has 0 bridgehead atoms. The number of likely N-dealkylation sites (tertiary alicyclic amines) is 1. The van der Waals surface area contributed by atoms with Crippen LogP contribution in [0.4, 0.5) is 0 Å². The summed E-state index contributed by atoms with van der Waals surface area (Å²) in [5, 5.41) is 0. The molecule has 2 heterocycles. The van der Waals surface area contributed by atoms with Crippen molar-refractivity contribution >= 4 is 11.0 Å². The molecule has 1 aromatic heterocycles. The molecular weight excluding hydrogens is 236 g/mol. The van der Waals surface area contributed by atoms with E-state index in [0.717, 1.165) is 24.4 Å². The Kier molecular flexibility index (Phi) is 3.53.